The van der Waals surface area contributed by atoms with Gasteiger partial charge in [0.1, 0.15) is 24.4 Å². The highest BCUT2D eigenvalue weighted by Crippen LogP contribution is 2.33. The predicted molar refractivity (Wildman–Crippen MR) is 143 cm³/mol. The number of nitrogens with one attached hydrogen (secondary N) is 1. The van der Waals surface area contributed by atoms with Crippen LogP contribution in [0.4, 0.5) is 0 Å². The molecule has 0 saturated carbocycles. The van der Waals surface area contributed by atoms with Crippen LogP contribution >= 0.6 is 0 Å². The Bertz CT molecular complexity index is 584. The van der Waals surface area contributed by atoms with Crippen LogP contribution in [0.25, 0.3) is 0 Å². The maximum absolute atomic E-state index is 12.3. The number of aliphatic hydroxyl groups excluding tert-OH is 2. The summed E-state index contributed by atoms with van der Waals surface area (Å²) in [5, 5.41) is 23.8. The number of amides is 1. The van der Waals surface area contributed by atoms with E-state index in [1.807, 2.05) is 0 Å². The molecule has 1 amide bonds. The number of ether oxygens (including phenoxy) is 3. The second-order valence-corrected chi connectivity index (χ2v) is 11.3. The van der Waals surface area contributed by atoms with Gasteiger partial charge in [-0.1, -0.05) is 103 Å². The van der Waals surface area contributed by atoms with Gasteiger partial charge in [0.2, 0.25) is 5.91 Å². The molecule has 7 heteroatoms. The maximum atomic E-state index is 12.3. The van der Waals surface area contributed by atoms with E-state index in [-0.39, 0.29) is 18.9 Å². The zero-order valence-electron chi connectivity index (χ0n) is 23.3. The highest BCUT2D eigenvalue weighted by atomic mass is 16.7. The Morgan fingerprint density at radius 1 is 0.806 bits per heavy atom. The van der Waals surface area contributed by atoms with Gasteiger partial charge < -0.3 is 29.7 Å². The van der Waals surface area contributed by atoms with Gasteiger partial charge in [0, 0.05) is 6.54 Å². The number of fused-ring (bicyclic) bond motifs is 1. The minimum absolute atomic E-state index is 0.0176. The van der Waals surface area contributed by atoms with Crippen molar-refractivity contribution in [1.82, 2.24) is 5.32 Å². The average Bonchev–Trinajstić information content (AvgIpc) is 2.84. The van der Waals surface area contributed by atoms with Crippen LogP contribution in [0, 0.1) is 0 Å². The van der Waals surface area contributed by atoms with Crippen LogP contribution in [0.3, 0.4) is 0 Å². The molecule has 2 fully saturated rings. The average molecular weight is 514 g/mol. The molecule has 2 aliphatic rings. The van der Waals surface area contributed by atoms with Crippen molar-refractivity contribution in [3.8, 4) is 0 Å². The molecule has 2 saturated heterocycles. The third-order valence-electron chi connectivity index (χ3n) is 7.54. The summed E-state index contributed by atoms with van der Waals surface area (Å²) in [6, 6.07) is 0. The zero-order chi connectivity index (χ0) is 26.2. The SMILES string of the molecule is CCCCCCCCCCCCCCCCCCNC(=O)C[C@H]1O[C@@H]2COC(C)(C)O[C@@H]2[C@H](O)[C@H]1O. The van der Waals surface area contributed by atoms with Crippen molar-refractivity contribution < 1.29 is 29.2 Å². The minimum Gasteiger partial charge on any atom is -0.388 e. The largest absolute Gasteiger partial charge is 0.388 e. The molecule has 5 atom stereocenters. The number of carbonyl (C=O) groups excluding carboxylic acids is 1. The third-order valence-corrected chi connectivity index (χ3v) is 7.54. The van der Waals surface area contributed by atoms with Crippen molar-refractivity contribution in [3.63, 3.8) is 0 Å². The predicted octanol–water partition coefficient (Wildman–Crippen LogP) is 5.39. The molecular weight excluding hydrogens is 458 g/mol. The fourth-order valence-electron chi connectivity index (χ4n) is 5.27. The van der Waals surface area contributed by atoms with E-state index >= 15 is 0 Å². The minimum atomic E-state index is -1.17. The summed E-state index contributed by atoms with van der Waals surface area (Å²) in [6.07, 6.45) is 17.0. The van der Waals surface area contributed by atoms with Crippen molar-refractivity contribution in [2.24, 2.45) is 0 Å². The monoisotopic (exact) mass is 513 g/mol. The molecule has 0 spiro atoms. The number of unbranched alkanes of at least 4 members (excludes halogenated alkanes) is 15. The Labute approximate surface area is 220 Å². The molecule has 0 radical (unpaired) electrons. The molecule has 0 aromatic rings. The summed E-state index contributed by atoms with van der Waals surface area (Å²) >= 11 is 0. The van der Waals surface area contributed by atoms with E-state index in [1.54, 1.807) is 13.8 Å². The summed E-state index contributed by atoms with van der Waals surface area (Å²) in [5.74, 6) is -0.994. The first-order valence-corrected chi connectivity index (χ1v) is 14.9. The van der Waals surface area contributed by atoms with Crippen LogP contribution in [0.1, 0.15) is 130 Å². The van der Waals surface area contributed by atoms with E-state index in [9.17, 15) is 15.0 Å². The summed E-state index contributed by atoms with van der Waals surface area (Å²) in [5.41, 5.74) is 0. The molecule has 7 nitrogen and oxygen atoms in total. The molecule has 0 unspecified atom stereocenters. The molecule has 0 aromatic carbocycles. The van der Waals surface area contributed by atoms with Gasteiger partial charge in [-0.3, -0.25) is 4.79 Å². The van der Waals surface area contributed by atoms with Gasteiger partial charge in [-0.05, 0) is 20.3 Å². The molecule has 3 N–H and O–H groups in total. The van der Waals surface area contributed by atoms with Crippen molar-refractivity contribution in [3.05, 3.63) is 0 Å². The highest BCUT2D eigenvalue weighted by Gasteiger charge is 2.50. The number of carbonyl (C=O) groups is 1. The van der Waals surface area contributed by atoms with Gasteiger partial charge >= 0.3 is 0 Å². The molecule has 2 heterocycles. The van der Waals surface area contributed by atoms with Crippen LogP contribution in [-0.2, 0) is 19.0 Å². The van der Waals surface area contributed by atoms with Gasteiger partial charge in [0.05, 0.1) is 19.1 Å². The van der Waals surface area contributed by atoms with Gasteiger partial charge in [-0.15, -0.1) is 0 Å². The van der Waals surface area contributed by atoms with Gasteiger partial charge in [-0.25, -0.2) is 0 Å². The molecule has 212 valence electrons. The van der Waals surface area contributed by atoms with Gasteiger partial charge in [0.25, 0.3) is 0 Å². The Morgan fingerprint density at radius 3 is 1.83 bits per heavy atom. The Kier molecular flexibility index (Phi) is 15.5. The molecular formula is C29H55NO6. The highest BCUT2D eigenvalue weighted by molar-refractivity contribution is 5.76. The summed E-state index contributed by atoms with van der Waals surface area (Å²) in [4.78, 5) is 12.3. The topological polar surface area (TPSA) is 97.3 Å². The van der Waals surface area contributed by atoms with Gasteiger partial charge in [0.15, 0.2) is 5.79 Å². The number of rotatable bonds is 19. The van der Waals surface area contributed by atoms with E-state index in [4.69, 9.17) is 14.2 Å². The fraction of sp³-hybridized carbons (Fsp3) is 0.966. The van der Waals surface area contributed by atoms with Crippen molar-refractivity contribution >= 4 is 5.91 Å². The first-order valence-electron chi connectivity index (χ1n) is 14.9. The van der Waals surface area contributed by atoms with E-state index in [0.717, 1.165) is 12.8 Å². The molecule has 36 heavy (non-hydrogen) atoms. The standard InChI is InChI=1S/C29H55NO6/c1-4-5-6-7-8-9-10-11-12-13-14-15-16-17-18-19-20-30-25(31)21-23-26(32)27(33)28-24(35-23)22-34-29(2,3)36-28/h23-24,26-28,32-33H,4-22H2,1-3H3,(H,30,31)/t23-,24-,26+,27-,28+/m1/s1. The second kappa shape index (κ2) is 17.7. The van der Waals surface area contributed by atoms with E-state index in [0.29, 0.717) is 6.54 Å². The van der Waals surface area contributed by atoms with E-state index in [2.05, 4.69) is 12.2 Å². The first kappa shape index (κ1) is 31.5. The molecule has 2 aliphatic heterocycles. The van der Waals surface area contributed by atoms with Crippen LogP contribution in [0.2, 0.25) is 0 Å². The van der Waals surface area contributed by atoms with Crippen molar-refractivity contribution in [2.75, 3.05) is 13.2 Å². The maximum Gasteiger partial charge on any atom is 0.222 e. The van der Waals surface area contributed by atoms with Crippen molar-refractivity contribution in [1.29, 1.82) is 0 Å². The normalized spacial score (nSPS) is 27.5. The van der Waals surface area contributed by atoms with Crippen LogP contribution < -0.4 is 5.32 Å². The number of hydrogen-bond donors (Lipinski definition) is 3. The van der Waals surface area contributed by atoms with Crippen LogP contribution in [0.15, 0.2) is 0 Å². The first-order chi connectivity index (χ1) is 17.3. The zero-order valence-corrected chi connectivity index (χ0v) is 23.3. The molecule has 0 bridgehead atoms. The Balaban J connectivity index is 1.40. The summed E-state index contributed by atoms with van der Waals surface area (Å²) in [6.45, 7) is 6.70. The lowest BCUT2D eigenvalue weighted by molar-refractivity contribution is -0.357. The quantitative estimate of drug-likeness (QED) is 0.200. The van der Waals surface area contributed by atoms with Crippen LogP contribution in [0.5, 0.6) is 0 Å². The molecule has 0 aliphatic carbocycles. The van der Waals surface area contributed by atoms with E-state index < -0.39 is 36.3 Å². The molecule has 0 aromatic heterocycles. The van der Waals surface area contributed by atoms with Gasteiger partial charge in [-0.2, -0.15) is 0 Å². The third kappa shape index (κ3) is 12.2. The summed E-state index contributed by atoms with van der Waals surface area (Å²) in [7, 11) is 0. The lowest BCUT2D eigenvalue weighted by Gasteiger charge is -2.48. The number of aliphatic hydroxyl groups is 2. The summed E-state index contributed by atoms with van der Waals surface area (Å²) < 4.78 is 17.2. The smallest absolute Gasteiger partial charge is 0.222 e. The van der Waals surface area contributed by atoms with Crippen molar-refractivity contribution in [2.45, 2.75) is 166 Å². The fourth-order valence-corrected chi connectivity index (χ4v) is 5.27. The molecule has 2 rings (SSSR count). The lowest BCUT2D eigenvalue weighted by atomic mass is 9.92. The van der Waals surface area contributed by atoms with Crippen LogP contribution in [-0.4, -0.2) is 65.6 Å². The Hall–Kier alpha value is -0.730. The lowest BCUT2D eigenvalue weighted by Crippen LogP contribution is -2.64. The Morgan fingerprint density at radius 2 is 1.31 bits per heavy atom. The number of hydrogen-bond acceptors (Lipinski definition) is 6. The van der Waals surface area contributed by atoms with E-state index in [1.165, 1.54) is 89.9 Å². The second-order valence-electron chi connectivity index (χ2n) is 11.3.